The Hall–Kier alpha value is -3.51. The Balaban J connectivity index is 1.52. The monoisotopic (exact) mass is 905 g/mol. The van der Waals surface area contributed by atoms with Gasteiger partial charge < -0.3 is 34.0 Å². The van der Waals surface area contributed by atoms with Crippen molar-refractivity contribution in [3.8, 4) is 11.5 Å². The number of carbonyl (C=O) groups is 1. The summed E-state index contributed by atoms with van der Waals surface area (Å²) in [7, 11) is 0. The minimum atomic E-state index is -1.31. The summed E-state index contributed by atoms with van der Waals surface area (Å²) in [5.74, 6) is 0.769. The van der Waals surface area contributed by atoms with Crippen LogP contribution in [0.5, 0.6) is 11.5 Å². The number of aliphatic hydroxyl groups is 2. The Bertz CT molecular complexity index is 1720. The minimum absolute atomic E-state index is 0.116. The zero-order valence-corrected chi connectivity index (χ0v) is 40.2. The van der Waals surface area contributed by atoms with Crippen LogP contribution in [-0.4, -0.2) is 90.7 Å². The molecule has 0 unspecified atom stereocenters. The standard InChI is InChI=1S/C53H80N2O8S/c1-5-9-10-11-12-13-14-15-16-24-35-60-52(58)55(31-6-2)49-40-47(54-62-8-4)45-38-41(25-20-22-32-56)44(28-21-23-33-57)50-46-39-42(59-36-37-64-43-26-18-17-19-27-43)29-30-48(46)63-53(49,51(45)50)61-34-7-3/h7,17-19,26-27,29-30,38-39,41,44,49-51,56-57H,3,5-6,8-16,20-25,28,31-37,40H2,1-2,4H3/t41-,44+,49-,50+,51+,53+/m0/s1. The molecule has 1 heterocycles. The molecule has 1 fully saturated rings. The molecule has 0 radical (unpaired) electrons. The summed E-state index contributed by atoms with van der Waals surface area (Å²) in [4.78, 5) is 23.5. The van der Waals surface area contributed by atoms with Crippen molar-refractivity contribution in [2.45, 2.75) is 159 Å². The summed E-state index contributed by atoms with van der Waals surface area (Å²) < 4.78 is 27.1. The number of amides is 1. The molecule has 0 aromatic heterocycles. The third kappa shape index (κ3) is 14.2. The second-order valence-electron chi connectivity index (χ2n) is 17.7. The van der Waals surface area contributed by atoms with Crippen LogP contribution in [0.15, 0.2) is 82.9 Å². The van der Waals surface area contributed by atoms with Gasteiger partial charge in [-0.05, 0) is 93.2 Å². The number of benzene rings is 2. The summed E-state index contributed by atoms with van der Waals surface area (Å²) >= 11 is 1.77. The molecule has 3 aliphatic rings. The molecule has 0 saturated heterocycles. The maximum absolute atomic E-state index is 14.5. The molecule has 1 aliphatic heterocycles. The molecule has 1 saturated carbocycles. The number of fused-ring (bicyclic) bond motifs is 2. The fraction of sp³-hybridized carbons (Fsp3) is 0.660. The Kier molecular flexibility index (Phi) is 22.9. The largest absolute Gasteiger partial charge is 0.493 e. The van der Waals surface area contributed by atoms with Crippen LogP contribution in [0.4, 0.5) is 4.79 Å². The van der Waals surface area contributed by atoms with E-state index in [1.165, 1.54) is 49.8 Å². The summed E-state index contributed by atoms with van der Waals surface area (Å²) in [6.07, 6.45) is 21.8. The normalized spacial score (nSPS) is 22.8. The third-order valence-corrected chi connectivity index (χ3v) is 14.1. The van der Waals surface area contributed by atoms with Crippen molar-refractivity contribution in [1.82, 2.24) is 4.90 Å². The van der Waals surface area contributed by atoms with Crippen molar-refractivity contribution in [3.63, 3.8) is 0 Å². The van der Waals surface area contributed by atoms with E-state index < -0.39 is 11.8 Å². The first-order chi connectivity index (χ1) is 31.5. The summed E-state index contributed by atoms with van der Waals surface area (Å²) in [6.45, 7) is 12.6. The molecule has 2 N–H and O–H groups in total. The van der Waals surface area contributed by atoms with Crippen LogP contribution in [0.25, 0.3) is 0 Å². The molecule has 2 aliphatic carbocycles. The van der Waals surface area contributed by atoms with Gasteiger partial charge in [0, 0.05) is 48.3 Å². The second-order valence-corrected chi connectivity index (χ2v) is 18.9. The van der Waals surface area contributed by atoms with Gasteiger partial charge in [-0.2, -0.15) is 0 Å². The van der Waals surface area contributed by atoms with Crippen molar-refractivity contribution < 1.29 is 38.8 Å². The van der Waals surface area contributed by atoms with Crippen LogP contribution in [0, 0.1) is 17.8 Å². The number of oxime groups is 1. The van der Waals surface area contributed by atoms with Gasteiger partial charge in [0.1, 0.15) is 24.1 Å². The van der Waals surface area contributed by atoms with E-state index in [2.05, 4.69) is 56.8 Å². The quantitative estimate of drug-likeness (QED) is 0.0320. The molecule has 5 rings (SSSR count). The van der Waals surface area contributed by atoms with Crippen molar-refractivity contribution in [3.05, 3.63) is 78.4 Å². The van der Waals surface area contributed by atoms with E-state index in [1.807, 2.05) is 30.0 Å². The van der Waals surface area contributed by atoms with Gasteiger partial charge in [0.25, 0.3) is 0 Å². The summed E-state index contributed by atoms with van der Waals surface area (Å²) in [5.41, 5.74) is 2.86. The molecule has 0 spiro atoms. The van der Waals surface area contributed by atoms with E-state index in [-0.39, 0.29) is 49.6 Å². The molecule has 2 aromatic carbocycles. The topological polar surface area (TPSA) is 119 Å². The number of nitrogens with zero attached hydrogens (tertiary/aromatic N) is 2. The SMILES string of the molecule is C=CCO[C@@]12Oc3ccc(OCCSc4ccccc4)cc3[C@H]3[C@H](CCCCO)[C@@H](CCCCO)C=C(C(=NOCC)C[C@@H]1N(CCC)C(=O)OCCCCCCCCCCCC)[C@H]32. The highest BCUT2D eigenvalue weighted by atomic mass is 32.2. The zero-order valence-electron chi connectivity index (χ0n) is 39.4. The molecular formula is C53H80N2O8S. The molecule has 0 bridgehead atoms. The first-order valence-corrected chi connectivity index (χ1v) is 25.9. The van der Waals surface area contributed by atoms with Gasteiger partial charge in [-0.25, -0.2) is 4.79 Å². The summed E-state index contributed by atoms with van der Waals surface area (Å²) in [6, 6.07) is 15.9. The Labute approximate surface area is 389 Å². The number of hydrogen-bond donors (Lipinski definition) is 2. The highest BCUT2D eigenvalue weighted by Gasteiger charge is 2.65. The van der Waals surface area contributed by atoms with Gasteiger partial charge in [0.15, 0.2) is 0 Å². The van der Waals surface area contributed by atoms with Gasteiger partial charge in [0.05, 0.1) is 31.5 Å². The maximum atomic E-state index is 14.5. The van der Waals surface area contributed by atoms with E-state index in [0.717, 1.165) is 79.7 Å². The van der Waals surface area contributed by atoms with Crippen molar-refractivity contribution in [1.29, 1.82) is 0 Å². The molecule has 10 nitrogen and oxygen atoms in total. The van der Waals surface area contributed by atoms with Crippen LogP contribution in [0.2, 0.25) is 0 Å². The van der Waals surface area contributed by atoms with Crippen LogP contribution in [0.3, 0.4) is 0 Å². The molecule has 64 heavy (non-hydrogen) atoms. The lowest BCUT2D eigenvalue weighted by Crippen LogP contribution is -2.70. The molecule has 6 atom stereocenters. The number of carbonyl (C=O) groups excluding carboxylic acids is 1. The first-order valence-electron chi connectivity index (χ1n) is 24.9. The predicted molar refractivity (Wildman–Crippen MR) is 259 cm³/mol. The highest BCUT2D eigenvalue weighted by molar-refractivity contribution is 7.99. The van der Waals surface area contributed by atoms with E-state index in [0.29, 0.717) is 51.4 Å². The van der Waals surface area contributed by atoms with Crippen molar-refractivity contribution >= 4 is 23.6 Å². The van der Waals surface area contributed by atoms with Gasteiger partial charge in [0.2, 0.25) is 5.79 Å². The third-order valence-electron chi connectivity index (χ3n) is 13.1. The first kappa shape index (κ1) is 51.5. The van der Waals surface area contributed by atoms with E-state index >= 15 is 0 Å². The van der Waals surface area contributed by atoms with Crippen LogP contribution in [0.1, 0.15) is 148 Å². The Morgan fingerprint density at radius 1 is 0.891 bits per heavy atom. The molecule has 2 aromatic rings. The molecule has 1 amide bonds. The second kappa shape index (κ2) is 28.5. The maximum Gasteiger partial charge on any atom is 0.410 e. The van der Waals surface area contributed by atoms with E-state index in [4.69, 9.17) is 28.9 Å². The van der Waals surface area contributed by atoms with Gasteiger partial charge in [-0.1, -0.05) is 120 Å². The number of rotatable bonds is 32. The molecular weight excluding hydrogens is 825 g/mol. The average molecular weight is 905 g/mol. The van der Waals surface area contributed by atoms with Crippen molar-refractivity contribution in [2.75, 3.05) is 51.9 Å². The van der Waals surface area contributed by atoms with Crippen molar-refractivity contribution in [2.24, 2.45) is 22.9 Å². The lowest BCUT2D eigenvalue weighted by atomic mass is 9.55. The van der Waals surface area contributed by atoms with Crippen LogP contribution in [-0.2, 0) is 14.3 Å². The Morgan fingerprint density at radius 3 is 2.30 bits per heavy atom. The lowest BCUT2D eigenvalue weighted by Gasteiger charge is -2.59. The smallest absolute Gasteiger partial charge is 0.410 e. The van der Waals surface area contributed by atoms with Gasteiger partial charge >= 0.3 is 6.09 Å². The predicted octanol–water partition coefficient (Wildman–Crippen LogP) is 12.3. The average Bonchev–Trinajstić information content (AvgIpc) is 3.31. The lowest BCUT2D eigenvalue weighted by molar-refractivity contribution is -0.255. The molecule has 11 heteroatoms. The highest BCUT2D eigenvalue weighted by Crippen LogP contribution is 2.62. The summed E-state index contributed by atoms with van der Waals surface area (Å²) in [5, 5.41) is 24.7. The number of allylic oxidation sites excluding steroid dienone is 1. The Morgan fingerprint density at radius 2 is 1.61 bits per heavy atom. The fourth-order valence-corrected chi connectivity index (χ4v) is 10.9. The number of hydrogen-bond acceptors (Lipinski definition) is 10. The number of unbranched alkanes of at least 4 members (excludes halogenated alkanes) is 11. The van der Waals surface area contributed by atoms with Gasteiger partial charge in [-0.15, -0.1) is 18.3 Å². The van der Waals surface area contributed by atoms with E-state index in [9.17, 15) is 15.0 Å². The van der Waals surface area contributed by atoms with Gasteiger partial charge in [-0.3, -0.25) is 4.90 Å². The van der Waals surface area contributed by atoms with Crippen LogP contribution < -0.4 is 9.47 Å². The number of ether oxygens (including phenoxy) is 4. The minimum Gasteiger partial charge on any atom is -0.493 e. The zero-order chi connectivity index (χ0) is 45.4. The van der Waals surface area contributed by atoms with Crippen LogP contribution >= 0.6 is 11.8 Å². The number of aliphatic hydroxyl groups excluding tert-OH is 2. The van der Waals surface area contributed by atoms with E-state index in [1.54, 1.807) is 17.8 Å². The fourth-order valence-electron chi connectivity index (χ4n) is 10.2. The molecule has 356 valence electrons. The number of thioether (sulfide) groups is 1.